The largest absolute Gasteiger partial charge is 0.493 e. The van der Waals surface area contributed by atoms with Gasteiger partial charge in [-0.2, -0.15) is 0 Å². The number of carbonyl (C=O) groups excluding carboxylic acids is 1. The van der Waals surface area contributed by atoms with Crippen molar-refractivity contribution < 1.29 is 19.0 Å². The van der Waals surface area contributed by atoms with Gasteiger partial charge in [0.15, 0.2) is 11.5 Å². The lowest BCUT2D eigenvalue weighted by Gasteiger charge is -2.30. The highest BCUT2D eigenvalue weighted by Gasteiger charge is 2.30. The van der Waals surface area contributed by atoms with Crippen LogP contribution in [0.25, 0.3) is 10.9 Å². The summed E-state index contributed by atoms with van der Waals surface area (Å²) in [4.78, 5) is 31.2. The van der Waals surface area contributed by atoms with Crippen LogP contribution >= 0.6 is 0 Å². The molecule has 30 heavy (non-hydrogen) atoms. The van der Waals surface area contributed by atoms with E-state index >= 15 is 0 Å². The molecule has 2 aliphatic carbocycles. The van der Waals surface area contributed by atoms with Crippen LogP contribution in [0.2, 0.25) is 0 Å². The van der Waals surface area contributed by atoms with Crippen molar-refractivity contribution in [1.29, 1.82) is 0 Å². The van der Waals surface area contributed by atoms with Gasteiger partial charge in [0.05, 0.1) is 31.2 Å². The van der Waals surface area contributed by atoms with Crippen molar-refractivity contribution >= 4 is 16.8 Å². The number of nitrogens with zero attached hydrogens (tertiary/aromatic N) is 2. The van der Waals surface area contributed by atoms with E-state index in [4.69, 9.17) is 19.2 Å². The van der Waals surface area contributed by atoms with Gasteiger partial charge in [-0.25, -0.2) is 9.66 Å². The average Bonchev–Trinajstić information content (AvgIpc) is 2.74. The summed E-state index contributed by atoms with van der Waals surface area (Å²) in [6.45, 7) is 0. The van der Waals surface area contributed by atoms with Gasteiger partial charge in [0.25, 0.3) is 5.56 Å². The van der Waals surface area contributed by atoms with E-state index in [0.717, 1.165) is 38.5 Å². The number of ether oxygens (including phenoxy) is 3. The number of rotatable bonds is 6. The number of nitrogens with one attached hydrogen (secondary N) is 1. The molecule has 2 aromatic rings. The standard InChI is InChI=1S/C22H29N3O5/c1-28-15-9-5-8-14(10-15)21(26)24-25-20(13-6-4-7-13)23-17-12-19(30-3)18(29-2)11-16(17)22(25)27/h11-15H,4-10H2,1-3H3,(H,24,26)/t14-,15+/m0/s1. The minimum Gasteiger partial charge on any atom is -0.493 e. The van der Waals surface area contributed by atoms with Crippen molar-refractivity contribution in [2.45, 2.75) is 57.0 Å². The van der Waals surface area contributed by atoms with Gasteiger partial charge in [-0.1, -0.05) is 12.8 Å². The van der Waals surface area contributed by atoms with E-state index in [2.05, 4.69) is 5.43 Å². The van der Waals surface area contributed by atoms with E-state index in [9.17, 15) is 9.59 Å². The molecule has 0 unspecified atom stereocenters. The molecule has 1 aromatic carbocycles. The van der Waals surface area contributed by atoms with Crippen molar-refractivity contribution in [2.24, 2.45) is 5.92 Å². The fourth-order valence-electron chi connectivity index (χ4n) is 4.38. The SMILES string of the molecule is COc1cc2nc(C3CCC3)n(NC(=O)[C@H]3CCC[C@@H](OC)C3)c(=O)c2cc1OC. The molecule has 0 saturated heterocycles. The highest BCUT2D eigenvalue weighted by atomic mass is 16.5. The Morgan fingerprint density at radius 1 is 1.07 bits per heavy atom. The van der Waals surface area contributed by atoms with Crippen molar-refractivity contribution in [3.63, 3.8) is 0 Å². The Labute approximate surface area is 175 Å². The second-order valence-electron chi connectivity index (χ2n) is 8.16. The fourth-order valence-corrected chi connectivity index (χ4v) is 4.38. The zero-order chi connectivity index (χ0) is 21.3. The summed E-state index contributed by atoms with van der Waals surface area (Å²) < 4.78 is 17.5. The van der Waals surface area contributed by atoms with Gasteiger partial charge in [0, 0.05) is 25.0 Å². The summed E-state index contributed by atoms with van der Waals surface area (Å²) in [5.74, 6) is 1.42. The van der Waals surface area contributed by atoms with Gasteiger partial charge in [-0.3, -0.25) is 15.0 Å². The van der Waals surface area contributed by atoms with Crippen LogP contribution < -0.4 is 20.5 Å². The van der Waals surface area contributed by atoms with Crippen LogP contribution in [-0.4, -0.2) is 43.0 Å². The Morgan fingerprint density at radius 2 is 1.77 bits per heavy atom. The first kappa shape index (κ1) is 20.7. The molecule has 8 heteroatoms. The molecular formula is C22H29N3O5. The number of aromatic nitrogens is 2. The van der Waals surface area contributed by atoms with Gasteiger partial charge in [0.1, 0.15) is 5.82 Å². The number of carbonyl (C=O) groups is 1. The predicted octanol–water partition coefficient (Wildman–Crippen LogP) is 2.96. The molecule has 8 nitrogen and oxygen atoms in total. The van der Waals surface area contributed by atoms with Gasteiger partial charge in [-0.15, -0.1) is 0 Å². The molecule has 162 valence electrons. The third-order valence-electron chi connectivity index (χ3n) is 6.42. The molecule has 4 rings (SSSR count). The van der Waals surface area contributed by atoms with Crippen molar-refractivity contribution in [3.05, 3.63) is 28.3 Å². The number of hydrogen-bond donors (Lipinski definition) is 1. The quantitative estimate of drug-likeness (QED) is 0.780. The number of amides is 1. The Balaban J connectivity index is 1.74. The minimum absolute atomic E-state index is 0.0868. The topological polar surface area (TPSA) is 91.7 Å². The zero-order valence-corrected chi connectivity index (χ0v) is 17.8. The average molecular weight is 415 g/mol. The van der Waals surface area contributed by atoms with Crippen LogP contribution in [0, 0.1) is 5.92 Å². The smallest absolute Gasteiger partial charge is 0.280 e. The first-order chi connectivity index (χ1) is 14.5. The van der Waals surface area contributed by atoms with Crippen LogP contribution in [0.5, 0.6) is 11.5 Å². The number of benzene rings is 1. The lowest BCUT2D eigenvalue weighted by molar-refractivity contribution is -0.123. The molecule has 0 radical (unpaired) electrons. The fraction of sp³-hybridized carbons (Fsp3) is 0.591. The zero-order valence-electron chi connectivity index (χ0n) is 17.8. The first-order valence-corrected chi connectivity index (χ1v) is 10.6. The molecule has 2 aliphatic rings. The minimum atomic E-state index is -0.296. The summed E-state index contributed by atoms with van der Waals surface area (Å²) in [5.41, 5.74) is 3.12. The normalized spacial score (nSPS) is 21.8. The second-order valence-corrected chi connectivity index (χ2v) is 8.16. The molecule has 1 heterocycles. The maximum absolute atomic E-state index is 13.4. The van der Waals surface area contributed by atoms with E-state index in [1.807, 2.05) is 0 Å². The molecular weight excluding hydrogens is 386 g/mol. The van der Waals surface area contributed by atoms with Crippen LogP contribution in [0.4, 0.5) is 0 Å². The Hall–Kier alpha value is -2.61. The molecule has 1 aromatic heterocycles. The highest BCUT2D eigenvalue weighted by Crippen LogP contribution is 2.36. The van der Waals surface area contributed by atoms with Gasteiger partial charge < -0.3 is 14.2 Å². The lowest BCUT2D eigenvalue weighted by atomic mass is 9.84. The third-order valence-corrected chi connectivity index (χ3v) is 6.42. The monoisotopic (exact) mass is 415 g/mol. The van der Waals surface area contributed by atoms with Crippen molar-refractivity contribution in [2.75, 3.05) is 26.8 Å². The number of hydrogen-bond acceptors (Lipinski definition) is 6. The van der Waals surface area contributed by atoms with E-state index in [-0.39, 0.29) is 29.4 Å². The first-order valence-electron chi connectivity index (χ1n) is 10.6. The molecule has 1 N–H and O–H groups in total. The molecule has 2 saturated carbocycles. The third kappa shape index (κ3) is 3.76. The second kappa shape index (κ2) is 8.63. The highest BCUT2D eigenvalue weighted by molar-refractivity contribution is 5.87. The molecule has 2 fully saturated rings. The molecule has 2 atom stereocenters. The number of fused-ring (bicyclic) bond motifs is 1. The van der Waals surface area contributed by atoms with Gasteiger partial charge in [0.2, 0.25) is 5.91 Å². The van der Waals surface area contributed by atoms with Crippen LogP contribution in [-0.2, 0) is 9.53 Å². The van der Waals surface area contributed by atoms with Crippen molar-refractivity contribution in [1.82, 2.24) is 9.66 Å². The van der Waals surface area contributed by atoms with Gasteiger partial charge >= 0.3 is 0 Å². The van der Waals surface area contributed by atoms with E-state index in [1.165, 1.54) is 11.8 Å². The molecule has 1 amide bonds. The maximum atomic E-state index is 13.4. The van der Waals surface area contributed by atoms with Gasteiger partial charge in [-0.05, 0) is 38.2 Å². The molecule has 0 spiro atoms. The summed E-state index contributed by atoms with van der Waals surface area (Å²) in [7, 11) is 4.75. The van der Waals surface area contributed by atoms with E-state index < -0.39 is 0 Å². The Morgan fingerprint density at radius 3 is 2.40 bits per heavy atom. The van der Waals surface area contributed by atoms with Crippen LogP contribution in [0.3, 0.4) is 0 Å². The van der Waals surface area contributed by atoms with Crippen LogP contribution in [0.1, 0.15) is 56.7 Å². The van der Waals surface area contributed by atoms with Crippen molar-refractivity contribution in [3.8, 4) is 11.5 Å². The summed E-state index contributed by atoms with van der Waals surface area (Å²) >= 11 is 0. The summed E-state index contributed by atoms with van der Waals surface area (Å²) in [5, 5.41) is 0.384. The molecule has 0 bridgehead atoms. The van der Waals surface area contributed by atoms with E-state index in [1.54, 1.807) is 26.4 Å². The maximum Gasteiger partial charge on any atom is 0.280 e. The Kier molecular flexibility index (Phi) is 5.94. The van der Waals surface area contributed by atoms with Crippen LogP contribution in [0.15, 0.2) is 16.9 Å². The summed E-state index contributed by atoms with van der Waals surface area (Å²) in [6, 6.07) is 3.34. The predicted molar refractivity (Wildman–Crippen MR) is 113 cm³/mol. The Bertz CT molecular complexity index is 998. The number of methoxy groups -OCH3 is 3. The summed E-state index contributed by atoms with van der Waals surface area (Å²) in [6.07, 6.45) is 6.46. The molecule has 0 aliphatic heterocycles. The van der Waals surface area contributed by atoms with E-state index in [0.29, 0.717) is 34.6 Å². The lowest BCUT2D eigenvalue weighted by Crippen LogP contribution is -2.42.